The van der Waals surface area contributed by atoms with E-state index in [1.54, 1.807) is 11.6 Å². The quantitative estimate of drug-likeness (QED) is 0.799. The first kappa shape index (κ1) is 10.8. The number of anilines is 2. The fraction of sp³-hybridized carbons (Fsp3) is 0. The molecule has 0 saturated carbocycles. The van der Waals surface area contributed by atoms with Crippen LogP contribution in [0.25, 0.3) is 0 Å². The van der Waals surface area contributed by atoms with Crippen LogP contribution in [0, 0.1) is 0 Å². The van der Waals surface area contributed by atoms with Gasteiger partial charge in [0.1, 0.15) is 5.03 Å². The first-order valence-electron chi connectivity index (χ1n) is 4.95. The van der Waals surface area contributed by atoms with Crippen LogP contribution in [0.15, 0.2) is 65.7 Å². The van der Waals surface area contributed by atoms with E-state index in [4.69, 9.17) is 0 Å². The first-order chi connectivity index (χ1) is 7.90. The minimum Gasteiger partial charge on any atom is -0.353 e. The van der Waals surface area contributed by atoms with Crippen LogP contribution in [0.2, 0.25) is 0 Å². The van der Waals surface area contributed by atoms with Gasteiger partial charge in [0.05, 0.1) is 5.69 Å². The summed E-state index contributed by atoms with van der Waals surface area (Å²) in [4.78, 5) is 4.29. The molecule has 0 unspecified atom stereocenters. The Kier molecular flexibility index (Phi) is 3.62. The maximum Gasteiger partial charge on any atom is 0.124 e. The Morgan fingerprint density at radius 1 is 1.12 bits per heavy atom. The van der Waals surface area contributed by atoms with Crippen molar-refractivity contribution in [2.75, 3.05) is 5.32 Å². The highest BCUT2D eigenvalue weighted by atomic mass is 32.2. The van der Waals surface area contributed by atoms with Gasteiger partial charge in [0.15, 0.2) is 0 Å². The van der Waals surface area contributed by atoms with Crippen LogP contribution in [-0.4, -0.2) is 4.98 Å². The number of pyridine rings is 1. The van der Waals surface area contributed by atoms with Crippen LogP contribution in [0.3, 0.4) is 0 Å². The van der Waals surface area contributed by atoms with Crippen LogP contribution in [-0.2, 0) is 0 Å². The molecule has 0 aliphatic heterocycles. The predicted molar refractivity (Wildman–Crippen MR) is 70.0 cm³/mol. The first-order valence-corrected chi connectivity index (χ1v) is 5.83. The maximum atomic E-state index is 4.29. The van der Waals surface area contributed by atoms with E-state index in [1.807, 2.05) is 42.5 Å². The van der Waals surface area contributed by atoms with Gasteiger partial charge in [0.2, 0.25) is 0 Å². The molecule has 0 amide bonds. The topological polar surface area (TPSA) is 24.9 Å². The molecule has 1 N–H and O–H groups in total. The van der Waals surface area contributed by atoms with E-state index in [-0.39, 0.29) is 0 Å². The second-order valence-electron chi connectivity index (χ2n) is 3.13. The van der Waals surface area contributed by atoms with Crippen LogP contribution in [0.5, 0.6) is 0 Å². The molecule has 0 saturated heterocycles. The molecule has 1 aromatic carbocycles. The van der Waals surface area contributed by atoms with Gasteiger partial charge in [-0.25, -0.2) is 4.98 Å². The van der Waals surface area contributed by atoms with E-state index in [9.17, 15) is 0 Å². The zero-order chi connectivity index (χ0) is 11.2. The lowest BCUT2D eigenvalue weighted by molar-refractivity contribution is 1.14. The van der Waals surface area contributed by atoms with Gasteiger partial charge in [-0.2, -0.15) is 0 Å². The summed E-state index contributed by atoms with van der Waals surface area (Å²) in [5.74, 6) is 0. The van der Waals surface area contributed by atoms with E-state index in [1.165, 1.54) is 11.8 Å². The summed E-state index contributed by atoms with van der Waals surface area (Å²) in [6, 6.07) is 14.0. The van der Waals surface area contributed by atoms with Crippen molar-refractivity contribution in [2.45, 2.75) is 5.03 Å². The number of aromatic nitrogens is 1. The van der Waals surface area contributed by atoms with Crippen molar-refractivity contribution in [1.29, 1.82) is 0 Å². The van der Waals surface area contributed by atoms with Crippen molar-refractivity contribution in [1.82, 2.24) is 4.98 Å². The van der Waals surface area contributed by atoms with Crippen molar-refractivity contribution in [3.05, 3.63) is 60.6 Å². The fourth-order valence-corrected chi connectivity index (χ4v) is 1.86. The molecule has 0 aliphatic carbocycles. The van der Waals surface area contributed by atoms with Gasteiger partial charge in [0, 0.05) is 11.9 Å². The molecule has 3 heteroatoms. The summed E-state index contributed by atoms with van der Waals surface area (Å²) >= 11 is 1.51. The number of thioether (sulfide) groups is 1. The van der Waals surface area contributed by atoms with Crippen LogP contribution < -0.4 is 5.32 Å². The molecule has 0 atom stereocenters. The molecule has 0 fully saturated rings. The van der Waals surface area contributed by atoms with Crippen LogP contribution >= 0.6 is 11.8 Å². The second-order valence-corrected chi connectivity index (χ2v) is 4.09. The summed E-state index contributed by atoms with van der Waals surface area (Å²) in [6.45, 7) is 3.70. The summed E-state index contributed by atoms with van der Waals surface area (Å²) in [7, 11) is 0. The summed E-state index contributed by atoms with van der Waals surface area (Å²) in [5, 5.41) is 6.03. The summed E-state index contributed by atoms with van der Waals surface area (Å²) in [6.07, 6.45) is 1.78. The minimum absolute atomic E-state index is 0.932. The SMILES string of the molecule is C=CSc1ncccc1Nc1ccccc1. The standard InChI is InChI=1S/C13H12N2S/c1-2-16-13-12(9-6-10-14-13)15-11-7-4-3-5-8-11/h2-10,15H,1H2. The zero-order valence-electron chi connectivity index (χ0n) is 8.76. The Hall–Kier alpha value is -1.74. The number of benzene rings is 1. The molecule has 1 heterocycles. The number of rotatable bonds is 4. The molecule has 0 aliphatic rings. The molecular formula is C13H12N2S. The lowest BCUT2D eigenvalue weighted by Gasteiger charge is -2.08. The van der Waals surface area contributed by atoms with E-state index >= 15 is 0 Å². The van der Waals surface area contributed by atoms with Gasteiger partial charge in [-0.3, -0.25) is 0 Å². The Morgan fingerprint density at radius 2 is 1.94 bits per heavy atom. The molecule has 1 aromatic heterocycles. The molecule has 16 heavy (non-hydrogen) atoms. The van der Waals surface area contributed by atoms with Crippen molar-refractivity contribution < 1.29 is 0 Å². The Morgan fingerprint density at radius 3 is 2.69 bits per heavy atom. The molecule has 0 radical (unpaired) electrons. The van der Waals surface area contributed by atoms with Gasteiger partial charge in [-0.1, -0.05) is 36.5 Å². The lowest BCUT2D eigenvalue weighted by Crippen LogP contribution is -1.93. The monoisotopic (exact) mass is 228 g/mol. The summed E-state index contributed by atoms with van der Waals surface area (Å²) in [5.41, 5.74) is 2.06. The van der Waals surface area contributed by atoms with E-state index < -0.39 is 0 Å². The molecule has 0 spiro atoms. The second kappa shape index (κ2) is 5.37. The average Bonchev–Trinajstić information content (AvgIpc) is 2.33. The van der Waals surface area contributed by atoms with Gasteiger partial charge in [-0.05, 0) is 29.7 Å². The maximum absolute atomic E-state index is 4.29. The van der Waals surface area contributed by atoms with E-state index in [0.29, 0.717) is 0 Å². The Balaban J connectivity index is 2.24. The van der Waals surface area contributed by atoms with Gasteiger partial charge in [-0.15, -0.1) is 0 Å². The highest BCUT2D eigenvalue weighted by molar-refractivity contribution is 8.02. The minimum atomic E-state index is 0.932. The van der Waals surface area contributed by atoms with E-state index in [2.05, 4.69) is 16.9 Å². The normalized spacial score (nSPS) is 9.75. The highest BCUT2D eigenvalue weighted by Crippen LogP contribution is 2.27. The zero-order valence-corrected chi connectivity index (χ0v) is 9.58. The third-order valence-corrected chi connectivity index (χ3v) is 2.73. The van der Waals surface area contributed by atoms with Crippen molar-refractivity contribution in [2.24, 2.45) is 0 Å². The Bertz CT molecular complexity index is 468. The molecule has 80 valence electrons. The lowest BCUT2D eigenvalue weighted by atomic mass is 10.3. The van der Waals surface area contributed by atoms with Crippen LogP contribution in [0.1, 0.15) is 0 Å². The molecule has 2 rings (SSSR count). The van der Waals surface area contributed by atoms with Crippen molar-refractivity contribution >= 4 is 23.1 Å². The van der Waals surface area contributed by atoms with Crippen molar-refractivity contribution in [3.8, 4) is 0 Å². The molecule has 2 aromatic rings. The Labute approximate surface area is 99.4 Å². The average molecular weight is 228 g/mol. The molecule has 0 bridgehead atoms. The molecule has 2 nitrogen and oxygen atoms in total. The largest absolute Gasteiger partial charge is 0.353 e. The highest BCUT2D eigenvalue weighted by Gasteiger charge is 2.01. The number of para-hydroxylation sites is 1. The van der Waals surface area contributed by atoms with Crippen LogP contribution in [0.4, 0.5) is 11.4 Å². The van der Waals surface area contributed by atoms with E-state index in [0.717, 1.165) is 16.4 Å². The van der Waals surface area contributed by atoms with Gasteiger partial charge in [0.25, 0.3) is 0 Å². The van der Waals surface area contributed by atoms with Gasteiger partial charge < -0.3 is 5.32 Å². The molecular weight excluding hydrogens is 216 g/mol. The number of hydrogen-bond donors (Lipinski definition) is 1. The number of hydrogen-bond acceptors (Lipinski definition) is 3. The summed E-state index contributed by atoms with van der Waals surface area (Å²) < 4.78 is 0. The smallest absolute Gasteiger partial charge is 0.124 e. The third kappa shape index (κ3) is 2.64. The van der Waals surface area contributed by atoms with Gasteiger partial charge >= 0.3 is 0 Å². The van der Waals surface area contributed by atoms with Crippen molar-refractivity contribution in [3.63, 3.8) is 0 Å². The predicted octanol–water partition coefficient (Wildman–Crippen LogP) is 4.06. The number of nitrogens with one attached hydrogen (secondary N) is 1. The fourth-order valence-electron chi connectivity index (χ4n) is 1.34. The third-order valence-electron chi connectivity index (χ3n) is 2.02. The number of nitrogens with zero attached hydrogens (tertiary/aromatic N) is 1.